The van der Waals surface area contributed by atoms with E-state index in [1.54, 1.807) is 17.8 Å². The molecule has 9 nitrogen and oxygen atoms in total. The number of nitrogens with zero attached hydrogens (tertiary/aromatic N) is 4. The summed E-state index contributed by atoms with van der Waals surface area (Å²) in [6, 6.07) is 17.1. The molecule has 4 aromatic rings. The summed E-state index contributed by atoms with van der Waals surface area (Å²) in [6.45, 7) is 4.58. The first kappa shape index (κ1) is 22.9. The average molecular weight is 457 g/mol. The fraction of sp³-hybridized carbons (Fsp3) is 0.200. The SMILES string of the molecule is CNCc1cc(Nc2cc(NC(=O)c3cccc(C)c3)ccc2C)n(-c2cc(NC)ncn2)n1. The van der Waals surface area contributed by atoms with Crippen molar-refractivity contribution in [3.8, 4) is 5.82 Å². The van der Waals surface area contributed by atoms with Crippen molar-refractivity contribution in [2.45, 2.75) is 20.4 Å². The van der Waals surface area contributed by atoms with E-state index in [9.17, 15) is 4.79 Å². The van der Waals surface area contributed by atoms with Gasteiger partial charge in [-0.3, -0.25) is 4.79 Å². The van der Waals surface area contributed by atoms with Gasteiger partial charge >= 0.3 is 0 Å². The van der Waals surface area contributed by atoms with Crippen LogP contribution in [0.5, 0.6) is 0 Å². The second kappa shape index (κ2) is 10.1. The van der Waals surface area contributed by atoms with Crippen molar-refractivity contribution in [3.05, 3.63) is 83.3 Å². The molecular formula is C25H28N8O. The molecule has 0 saturated heterocycles. The van der Waals surface area contributed by atoms with Gasteiger partial charge in [-0.15, -0.1) is 0 Å². The van der Waals surface area contributed by atoms with E-state index >= 15 is 0 Å². The van der Waals surface area contributed by atoms with Crippen molar-refractivity contribution in [3.63, 3.8) is 0 Å². The number of anilines is 4. The third-order valence-corrected chi connectivity index (χ3v) is 5.28. The quantitative estimate of drug-likeness (QED) is 0.317. The van der Waals surface area contributed by atoms with Crippen molar-refractivity contribution in [1.82, 2.24) is 25.1 Å². The summed E-state index contributed by atoms with van der Waals surface area (Å²) in [5, 5.41) is 17.3. The normalized spacial score (nSPS) is 10.7. The van der Waals surface area contributed by atoms with Gasteiger partial charge in [-0.1, -0.05) is 23.8 Å². The molecule has 0 saturated carbocycles. The Kier molecular flexibility index (Phi) is 6.84. The highest BCUT2D eigenvalue weighted by Crippen LogP contribution is 2.27. The average Bonchev–Trinajstić information content (AvgIpc) is 3.23. The fourth-order valence-corrected chi connectivity index (χ4v) is 3.52. The molecule has 0 atom stereocenters. The minimum Gasteiger partial charge on any atom is -0.373 e. The molecule has 0 spiro atoms. The Morgan fingerprint density at radius 3 is 2.62 bits per heavy atom. The number of hydrogen-bond donors (Lipinski definition) is 4. The van der Waals surface area contributed by atoms with Gasteiger partial charge in [0, 0.05) is 42.7 Å². The summed E-state index contributed by atoms with van der Waals surface area (Å²) >= 11 is 0. The number of carbonyl (C=O) groups is 1. The minimum atomic E-state index is -0.152. The maximum atomic E-state index is 12.7. The number of nitrogens with one attached hydrogen (secondary N) is 4. The van der Waals surface area contributed by atoms with E-state index < -0.39 is 0 Å². The smallest absolute Gasteiger partial charge is 0.255 e. The van der Waals surface area contributed by atoms with Crippen molar-refractivity contribution in [1.29, 1.82) is 0 Å². The van der Waals surface area contributed by atoms with Crippen LogP contribution in [0.2, 0.25) is 0 Å². The van der Waals surface area contributed by atoms with Crippen molar-refractivity contribution in [2.24, 2.45) is 0 Å². The lowest BCUT2D eigenvalue weighted by Gasteiger charge is -2.14. The summed E-state index contributed by atoms with van der Waals surface area (Å²) < 4.78 is 1.74. The molecule has 174 valence electrons. The van der Waals surface area contributed by atoms with E-state index in [1.807, 2.05) is 69.4 Å². The van der Waals surface area contributed by atoms with E-state index in [4.69, 9.17) is 5.10 Å². The van der Waals surface area contributed by atoms with E-state index in [0.717, 1.165) is 28.3 Å². The summed E-state index contributed by atoms with van der Waals surface area (Å²) in [5.74, 6) is 1.92. The van der Waals surface area contributed by atoms with Crippen LogP contribution >= 0.6 is 0 Å². The van der Waals surface area contributed by atoms with Gasteiger partial charge in [0.1, 0.15) is 18.0 Å². The molecule has 2 aromatic carbocycles. The predicted octanol–water partition coefficient (Wildman–Crippen LogP) is 4.04. The van der Waals surface area contributed by atoms with Gasteiger partial charge in [0.25, 0.3) is 5.91 Å². The van der Waals surface area contributed by atoms with Crippen LogP contribution in [-0.4, -0.2) is 39.8 Å². The lowest BCUT2D eigenvalue weighted by atomic mass is 10.1. The molecule has 0 unspecified atom stereocenters. The highest BCUT2D eigenvalue weighted by Gasteiger charge is 2.14. The van der Waals surface area contributed by atoms with Crippen LogP contribution < -0.4 is 21.3 Å². The van der Waals surface area contributed by atoms with Crippen LogP contribution in [0.3, 0.4) is 0 Å². The third-order valence-electron chi connectivity index (χ3n) is 5.28. The number of carbonyl (C=O) groups excluding carboxylic acids is 1. The number of aromatic nitrogens is 4. The standard InChI is InChI=1S/C25H28N8O/c1-16-6-5-7-18(10-16)25(34)30-19-9-8-17(2)21(11-19)31-24-12-20(14-26-3)32-33(24)23-13-22(27-4)28-15-29-23/h5-13,15,26,31H,14H2,1-4H3,(H,30,34)(H,27,28,29). The van der Waals surface area contributed by atoms with E-state index in [-0.39, 0.29) is 5.91 Å². The van der Waals surface area contributed by atoms with Crippen LogP contribution in [0.25, 0.3) is 5.82 Å². The number of aryl methyl sites for hydroxylation is 2. The number of hydrogen-bond acceptors (Lipinski definition) is 7. The minimum absolute atomic E-state index is 0.152. The molecule has 34 heavy (non-hydrogen) atoms. The molecule has 0 radical (unpaired) electrons. The van der Waals surface area contributed by atoms with Gasteiger partial charge in [-0.2, -0.15) is 9.78 Å². The van der Waals surface area contributed by atoms with Crippen LogP contribution in [0.1, 0.15) is 27.2 Å². The number of rotatable bonds is 8. The van der Waals surface area contributed by atoms with E-state index in [1.165, 1.54) is 6.33 Å². The van der Waals surface area contributed by atoms with Gasteiger partial charge in [0.15, 0.2) is 5.82 Å². The first-order chi connectivity index (χ1) is 16.5. The maximum absolute atomic E-state index is 12.7. The topological polar surface area (TPSA) is 109 Å². The Morgan fingerprint density at radius 2 is 1.85 bits per heavy atom. The summed E-state index contributed by atoms with van der Waals surface area (Å²) in [5.41, 5.74) is 5.08. The van der Waals surface area contributed by atoms with Crippen LogP contribution in [0.15, 0.2) is 60.9 Å². The lowest BCUT2D eigenvalue weighted by molar-refractivity contribution is 0.102. The second-order valence-corrected chi connectivity index (χ2v) is 7.95. The molecule has 0 bridgehead atoms. The summed E-state index contributed by atoms with van der Waals surface area (Å²) in [6.07, 6.45) is 1.50. The molecule has 0 fully saturated rings. The molecule has 0 aliphatic carbocycles. The van der Waals surface area contributed by atoms with Crippen molar-refractivity contribution in [2.75, 3.05) is 30.0 Å². The zero-order chi connectivity index (χ0) is 24.1. The molecule has 2 heterocycles. The van der Waals surface area contributed by atoms with Crippen molar-refractivity contribution < 1.29 is 4.79 Å². The molecule has 0 aliphatic rings. The third kappa shape index (κ3) is 5.21. The lowest BCUT2D eigenvalue weighted by Crippen LogP contribution is -2.12. The molecule has 9 heteroatoms. The van der Waals surface area contributed by atoms with Crippen molar-refractivity contribution >= 4 is 28.9 Å². The van der Waals surface area contributed by atoms with Crippen LogP contribution in [0, 0.1) is 13.8 Å². The molecular weight excluding hydrogens is 428 g/mol. The molecule has 4 N–H and O–H groups in total. The highest BCUT2D eigenvalue weighted by molar-refractivity contribution is 6.04. The highest BCUT2D eigenvalue weighted by atomic mass is 16.1. The molecule has 4 rings (SSSR count). The van der Waals surface area contributed by atoms with E-state index in [2.05, 4.69) is 31.2 Å². The summed E-state index contributed by atoms with van der Waals surface area (Å²) in [7, 11) is 3.68. The molecule has 0 aliphatic heterocycles. The van der Waals surface area contributed by atoms with Gasteiger partial charge in [-0.05, 0) is 50.7 Å². The van der Waals surface area contributed by atoms with Gasteiger partial charge in [0.05, 0.1) is 5.69 Å². The largest absolute Gasteiger partial charge is 0.373 e. The Hall–Kier alpha value is -4.24. The molecule has 2 aromatic heterocycles. The number of amides is 1. The van der Waals surface area contributed by atoms with Gasteiger partial charge in [-0.25, -0.2) is 9.97 Å². The number of benzene rings is 2. The Balaban J connectivity index is 1.64. The van der Waals surface area contributed by atoms with Gasteiger partial charge in [0.2, 0.25) is 0 Å². The van der Waals surface area contributed by atoms with Crippen LogP contribution in [-0.2, 0) is 6.54 Å². The van der Waals surface area contributed by atoms with Crippen LogP contribution in [0.4, 0.5) is 23.0 Å². The first-order valence-electron chi connectivity index (χ1n) is 11.0. The Labute approximate surface area is 198 Å². The fourth-order valence-electron chi connectivity index (χ4n) is 3.52. The monoisotopic (exact) mass is 456 g/mol. The molecule has 1 amide bonds. The second-order valence-electron chi connectivity index (χ2n) is 7.95. The Bertz CT molecular complexity index is 1310. The zero-order valence-corrected chi connectivity index (χ0v) is 19.7. The first-order valence-corrected chi connectivity index (χ1v) is 11.0. The zero-order valence-electron chi connectivity index (χ0n) is 19.7. The van der Waals surface area contributed by atoms with E-state index in [0.29, 0.717) is 29.4 Å². The maximum Gasteiger partial charge on any atom is 0.255 e. The summed E-state index contributed by atoms with van der Waals surface area (Å²) in [4.78, 5) is 21.3. The van der Waals surface area contributed by atoms with Gasteiger partial charge < -0.3 is 21.3 Å². The Morgan fingerprint density at radius 1 is 1.00 bits per heavy atom. The predicted molar refractivity (Wildman–Crippen MR) is 135 cm³/mol.